The van der Waals surface area contributed by atoms with Gasteiger partial charge in [0.15, 0.2) is 5.58 Å². The quantitative estimate of drug-likeness (QED) is 0.139. The highest BCUT2D eigenvalue weighted by Crippen LogP contribution is 2.45. The molecule has 0 bridgehead atoms. The SMILES string of the molecule is COc1nc(O[C@@H]2CCc3c(-c4cccc(-c5nc6cc(CNC[C@@H]7CCC(=O)N7)cc(C#N)c6o5)c4Cl)cccc32)c(C(F)(F)F)nc1CN1CCCC1. The van der Waals surface area contributed by atoms with Crippen molar-refractivity contribution in [2.75, 3.05) is 26.7 Å². The van der Waals surface area contributed by atoms with Gasteiger partial charge < -0.3 is 24.5 Å². The topological polar surface area (TPSA) is 138 Å². The van der Waals surface area contributed by atoms with Crippen LogP contribution in [0.1, 0.15) is 71.8 Å². The van der Waals surface area contributed by atoms with Gasteiger partial charge in [0.1, 0.15) is 23.4 Å². The van der Waals surface area contributed by atoms with Crippen LogP contribution in [0.2, 0.25) is 5.02 Å². The molecule has 3 aliphatic rings. The summed E-state index contributed by atoms with van der Waals surface area (Å²) in [7, 11) is 1.37. The lowest BCUT2D eigenvalue weighted by atomic mass is 9.95. The number of rotatable bonds is 11. The number of alkyl halides is 3. The predicted molar refractivity (Wildman–Crippen MR) is 197 cm³/mol. The molecule has 55 heavy (non-hydrogen) atoms. The molecule has 15 heteroatoms. The molecular formula is C40H37ClF3N7O4. The maximum atomic E-state index is 14.4. The van der Waals surface area contributed by atoms with Crippen LogP contribution < -0.4 is 20.1 Å². The van der Waals surface area contributed by atoms with Crippen LogP contribution in [0.25, 0.3) is 33.7 Å². The Bertz CT molecular complexity index is 2320. The molecule has 1 aliphatic carbocycles. The zero-order chi connectivity index (χ0) is 38.3. The first kappa shape index (κ1) is 36.7. The summed E-state index contributed by atoms with van der Waals surface area (Å²) in [6.07, 6.45) is -1.32. The second-order valence-electron chi connectivity index (χ2n) is 14.1. The summed E-state index contributed by atoms with van der Waals surface area (Å²) in [5.41, 5.74) is 4.60. The first-order valence-corrected chi connectivity index (χ1v) is 18.6. The molecule has 284 valence electrons. The van der Waals surface area contributed by atoms with Gasteiger partial charge in [-0.25, -0.2) is 9.97 Å². The Labute approximate surface area is 319 Å². The number of amides is 1. The highest BCUT2D eigenvalue weighted by molar-refractivity contribution is 6.36. The van der Waals surface area contributed by atoms with Crippen LogP contribution in [0, 0.1) is 11.3 Å². The van der Waals surface area contributed by atoms with E-state index in [1.54, 1.807) is 12.1 Å². The zero-order valence-electron chi connectivity index (χ0n) is 29.9. The van der Waals surface area contributed by atoms with Crippen LogP contribution in [-0.2, 0) is 30.5 Å². The fraction of sp³-hybridized carbons (Fsp3) is 0.375. The third kappa shape index (κ3) is 7.44. The average molecular weight is 772 g/mol. The van der Waals surface area contributed by atoms with Crippen molar-refractivity contribution in [3.63, 3.8) is 0 Å². The molecule has 3 aromatic carbocycles. The molecule has 8 rings (SSSR count). The number of benzene rings is 3. The molecule has 4 heterocycles. The fourth-order valence-corrected chi connectivity index (χ4v) is 8.08. The predicted octanol–water partition coefficient (Wildman–Crippen LogP) is 7.53. The monoisotopic (exact) mass is 771 g/mol. The number of likely N-dealkylation sites (tertiary alicyclic amines) is 1. The van der Waals surface area contributed by atoms with Gasteiger partial charge in [-0.15, -0.1) is 0 Å². The first-order chi connectivity index (χ1) is 26.6. The van der Waals surface area contributed by atoms with Crippen molar-refractivity contribution in [2.24, 2.45) is 0 Å². The molecular weight excluding hydrogens is 735 g/mol. The number of nitrogens with zero attached hydrogens (tertiary/aromatic N) is 5. The normalized spacial score (nSPS) is 18.4. The summed E-state index contributed by atoms with van der Waals surface area (Å²) in [6.45, 7) is 2.84. The van der Waals surface area contributed by atoms with Crippen molar-refractivity contribution >= 4 is 28.6 Å². The first-order valence-electron chi connectivity index (χ1n) is 18.3. The van der Waals surface area contributed by atoms with Gasteiger partial charge in [0.2, 0.25) is 29.3 Å². The number of nitriles is 1. The van der Waals surface area contributed by atoms with Gasteiger partial charge >= 0.3 is 6.18 Å². The van der Waals surface area contributed by atoms with Crippen molar-refractivity contribution in [3.05, 3.63) is 87.2 Å². The molecule has 0 radical (unpaired) electrons. The van der Waals surface area contributed by atoms with E-state index in [-0.39, 0.29) is 36.0 Å². The van der Waals surface area contributed by atoms with Crippen molar-refractivity contribution in [2.45, 2.75) is 69.9 Å². The van der Waals surface area contributed by atoms with Gasteiger partial charge in [0.05, 0.1) is 23.3 Å². The van der Waals surface area contributed by atoms with Crippen molar-refractivity contribution in [1.29, 1.82) is 5.26 Å². The lowest BCUT2D eigenvalue weighted by Gasteiger charge is -2.21. The molecule has 5 aromatic rings. The number of halogens is 4. The minimum absolute atomic E-state index is 0.00931. The number of carbonyl (C=O) groups excluding carboxylic acids is 1. The van der Waals surface area contributed by atoms with E-state index in [0.29, 0.717) is 65.2 Å². The van der Waals surface area contributed by atoms with E-state index in [4.69, 9.17) is 30.5 Å². The third-order valence-corrected chi connectivity index (χ3v) is 10.8. The van der Waals surface area contributed by atoms with Crippen LogP contribution in [0.3, 0.4) is 0 Å². The average Bonchev–Trinajstić information content (AvgIpc) is 4.00. The number of carbonyl (C=O) groups is 1. The number of hydrogen-bond acceptors (Lipinski definition) is 10. The molecule has 11 nitrogen and oxygen atoms in total. The van der Waals surface area contributed by atoms with Crippen LogP contribution in [0.5, 0.6) is 11.8 Å². The van der Waals surface area contributed by atoms with Gasteiger partial charge in [0, 0.05) is 37.7 Å². The summed E-state index contributed by atoms with van der Waals surface area (Å²) in [5, 5.41) is 16.6. The Balaban J connectivity index is 1.06. The molecule has 2 atom stereocenters. The Morgan fingerprint density at radius 1 is 1.04 bits per heavy atom. The van der Waals surface area contributed by atoms with Gasteiger partial charge in [-0.2, -0.15) is 23.4 Å². The Morgan fingerprint density at radius 2 is 1.82 bits per heavy atom. The number of nitrogens with one attached hydrogen (secondary N) is 2. The van der Waals surface area contributed by atoms with E-state index in [1.165, 1.54) is 7.11 Å². The van der Waals surface area contributed by atoms with Crippen LogP contribution in [0.15, 0.2) is 52.9 Å². The molecule has 0 saturated carbocycles. The molecule has 0 spiro atoms. The van der Waals surface area contributed by atoms with E-state index < -0.39 is 23.9 Å². The standard InChI is InChI=1S/C40H37ClF3N7O4/c1-53-38-31(21-51-14-2-3-15-51)48-36(40(42,43)44)39(50-38)54-32-12-11-26-25(6-4-7-27(26)32)28-8-5-9-29(34(28)41)37-49-30-17-22(16-23(18-45)35(30)55-37)19-46-20-24-10-13-33(52)47-24/h4-9,16-17,24,32,46H,2-3,10-15,19-21H2,1H3,(H,47,52)/t24-,32+/m0/s1. The summed E-state index contributed by atoms with van der Waals surface area (Å²) in [6, 6.07) is 17.0. The second kappa shape index (κ2) is 15.1. The number of oxazole rings is 1. The van der Waals surface area contributed by atoms with Gasteiger partial charge in [0.25, 0.3) is 0 Å². The van der Waals surface area contributed by atoms with Crippen molar-refractivity contribution in [1.82, 2.24) is 30.5 Å². The Morgan fingerprint density at radius 3 is 2.56 bits per heavy atom. The van der Waals surface area contributed by atoms with Crippen molar-refractivity contribution < 1.29 is 31.9 Å². The van der Waals surface area contributed by atoms with Gasteiger partial charge in [-0.05, 0) is 85.6 Å². The van der Waals surface area contributed by atoms with Gasteiger partial charge in [-0.1, -0.05) is 41.9 Å². The summed E-state index contributed by atoms with van der Waals surface area (Å²) < 4.78 is 60.8. The minimum Gasteiger partial charge on any atom is -0.480 e. The highest BCUT2D eigenvalue weighted by atomic mass is 35.5. The molecule has 2 saturated heterocycles. The fourth-order valence-electron chi connectivity index (χ4n) is 7.77. The zero-order valence-corrected chi connectivity index (χ0v) is 30.7. The van der Waals surface area contributed by atoms with E-state index in [2.05, 4.69) is 26.7 Å². The lowest BCUT2D eigenvalue weighted by Crippen LogP contribution is -2.35. The van der Waals surface area contributed by atoms with E-state index in [0.717, 1.165) is 54.6 Å². The molecule has 2 aromatic heterocycles. The largest absolute Gasteiger partial charge is 0.480 e. The highest BCUT2D eigenvalue weighted by Gasteiger charge is 2.41. The minimum atomic E-state index is -4.79. The Hall–Kier alpha value is -5.23. The maximum Gasteiger partial charge on any atom is 0.438 e. The number of aromatic nitrogens is 3. The maximum absolute atomic E-state index is 14.4. The molecule has 0 unspecified atom stereocenters. The third-order valence-electron chi connectivity index (χ3n) is 10.4. The molecule has 2 N–H and O–H groups in total. The van der Waals surface area contributed by atoms with E-state index in [1.807, 2.05) is 41.3 Å². The summed E-state index contributed by atoms with van der Waals surface area (Å²) in [5.74, 6) is -0.315. The van der Waals surface area contributed by atoms with Crippen LogP contribution in [-0.4, -0.2) is 58.5 Å². The molecule has 2 aliphatic heterocycles. The molecule has 2 fully saturated rings. The number of fused-ring (bicyclic) bond motifs is 2. The van der Waals surface area contributed by atoms with Crippen LogP contribution >= 0.6 is 11.6 Å². The summed E-state index contributed by atoms with van der Waals surface area (Å²) in [4.78, 5) is 26.5. The summed E-state index contributed by atoms with van der Waals surface area (Å²) >= 11 is 7.10. The lowest BCUT2D eigenvalue weighted by molar-refractivity contribution is -0.143. The smallest absolute Gasteiger partial charge is 0.438 e. The number of hydrogen-bond donors (Lipinski definition) is 2. The Kier molecular flexibility index (Phi) is 10.1. The van der Waals surface area contributed by atoms with Crippen molar-refractivity contribution in [3.8, 4) is 40.4 Å². The number of ether oxygens (including phenoxy) is 2. The van der Waals surface area contributed by atoms with E-state index in [9.17, 15) is 23.2 Å². The molecule has 1 amide bonds. The van der Waals surface area contributed by atoms with Crippen LogP contribution in [0.4, 0.5) is 13.2 Å². The number of methoxy groups -OCH3 is 1. The van der Waals surface area contributed by atoms with E-state index >= 15 is 0 Å². The second-order valence-corrected chi connectivity index (χ2v) is 14.4. The van der Waals surface area contributed by atoms with Gasteiger partial charge in [-0.3, -0.25) is 9.69 Å².